The van der Waals surface area contributed by atoms with Gasteiger partial charge in [0.1, 0.15) is 0 Å². The van der Waals surface area contributed by atoms with Crippen LogP contribution in [-0.4, -0.2) is 6.04 Å². The van der Waals surface area contributed by atoms with E-state index in [0.717, 1.165) is 6.04 Å². The van der Waals surface area contributed by atoms with Crippen molar-refractivity contribution in [2.75, 3.05) is 0 Å². The summed E-state index contributed by atoms with van der Waals surface area (Å²) < 4.78 is 0. The third-order valence-corrected chi connectivity index (χ3v) is 0.980. The van der Waals surface area contributed by atoms with Gasteiger partial charge in [-0.25, -0.2) is 0 Å². The van der Waals surface area contributed by atoms with Gasteiger partial charge in [0.15, 0.2) is 0 Å². The molecule has 0 heterocycles. The summed E-state index contributed by atoms with van der Waals surface area (Å²) in [7, 11) is 0. The van der Waals surface area contributed by atoms with Crippen LogP contribution in [-0.2, 0) is 0 Å². The molecule has 1 fully saturated rings. The lowest BCUT2D eigenvalue weighted by Crippen LogP contribution is -2.08. The van der Waals surface area contributed by atoms with Gasteiger partial charge in [0.2, 0.25) is 0 Å². The summed E-state index contributed by atoms with van der Waals surface area (Å²) in [5, 5.41) is 3.19. The summed E-state index contributed by atoms with van der Waals surface area (Å²) in [6.45, 7) is 4.04. The number of nitrogens with one attached hydrogen (secondary N) is 1. The molecule has 0 aliphatic heterocycles. The SMILES string of the molecule is C[CH]NC1CC1. The van der Waals surface area contributed by atoms with Gasteiger partial charge in [-0.2, -0.15) is 0 Å². The van der Waals surface area contributed by atoms with Gasteiger partial charge in [-0.1, -0.05) is 0 Å². The molecule has 1 aliphatic carbocycles. The van der Waals surface area contributed by atoms with E-state index in [1.165, 1.54) is 12.8 Å². The fourth-order valence-electron chi connectivity index (χ4n) is 0.486. The minimum absolute atomic E-state index is 0.843. The smallest absolute Gasteiger partial charge is 0.0192 e. The van der Waals surface area contributed by atoms with Crippen LogP contribution in [0.25, 0.3) is 0 Å². The Morgan fingerprint density at radius 2 is 2.33 bits per heavy atom. The maximum atomic E-state index is 3.19. The molecule has 1 heteroatoms. The largest absolute Gasteiger partial charge is 0.310 e. The lowest BCUT2D eigenvalue weighted by Gasteiger charge is -1.88. The highest BCUT2D eigenvalue weighted by Crippen LogP contribution is 2.18. The number of hydrogen-bond acceptors (Lipinski definition) is 1. The zero-order valence-electron chi connectivity index (χ0n) is 4.07. The van der Waals surface area contributed by atoms with E-state index in [4.69, 9.17) is 0 Å². The van der Waals surface area contributed by atoms with Gasteiger partial charge in [0.05, 0.1) is 0 Å². The molecule has 6 heavy (non-hydrogen) atoms. The molecule has 0 unspecified atom stereocenters. The Balaban J connectivity index is 1.88. The van der Waals surface area contributed by atoms with Crippen LogP contribution in [0.5, 0.6) is 0 Å². The van der Waals surface area contributed by atoms with Crippen LogP contribution in [0.4, 0.5) is 0 Å². The Kier molecular flexibility index (Phi) is 1.10. The Morgan fingerprint density at radius 3 is 2.50 bits per heavy atom. The van der Waals surface area contributed by atoms with E-state index in [1.807, 2.05) is 13.5 Å². The van der Waals surface area contributed by atoms with Gasteiger partial charge < -0.3 is 5.32 Å². The van der Waals surface area contributed by atoms with Crippen LogP contribution >= 0.6 is 0 Å². The quantitative estimate of drug-likeness (QED) is 0.524. The van der Waals surface area contributed by atoms with E-state index >= 15 is 0 Å². The second kappa shape index (κ2) is 1.61. The summed E-state index contributed by atoms with van der Waals surface area (Å²) >= 11 is 0. The van der Waals surface area contributed by atoms with E-state index in [2.05, 4.69) is 5.32 Å². The highest BCUT2D eigenvalue weighted by molar-refractivity contribution is 4.82. The molecule has 0 spiro atoms. The molecule has 0 aromatic carbocycles. The first-order valence-electron chi connectivity index (χ1n) is 2.47. The van der Waals surface area contributed by atoms with Crippen LogP contribution in [0.1, 0.15) is 19.8 Å². The molecular weight excluding hydrogens is 74.1 g/mol. The Morgan fingerprint density at radius 1 is 1.67 bits per heavy atom. The molecular formula is C5H10N. The first-order chi connectivity index (χ1) is 2.93. The lowest BCUT2D eigenvalue weighted by molar-refractivity contribution is 0.798. The highest BCUT2D eigenvalue weighted by atomic mass is 14.9. The Bertz CT molecular complexity index is 39.2. The first-order valence-corrected chi connectivity index (χ1v) is 2.47. The second-order valence-electron chi connectivity index (χ2n) is 1.73. The summed E-state index contributed by atoms with van der Waals surface area (Å²) in [5.41, 5.74) is 0. The molecule has 1 N–H and O–H groups in total. The average molecular weight is 84.1 g/mol. The summed E-state index contributed by atoms with van der Waals surface area (Å²) in [6.07, 6.45) is 2.76. The molecule has 0 saturated heterocycles. The lowest BCUT2D eigenvalue weighted by atomic mass is 10.6. The number of hydrogen-bond donors (Lipinski definition) is 1. The van der Waals surface area contributed by atoms with Gasteiger partial charge in [-0.05, 0) is 19.8 Å². The van der Waals surface area contributed by atoms with Crippen molar-refractivity contribution < 1.29 is 0 Å². The molecule has 1 nitrogen and oxygen atoms in total. The van der Waals surface area contributed by atoms with Gasteiger partial charge >= 0.3 is 0 Å². The third-order valence-electron chi connectivity index (χ3n) is 0.980. The second-order valence-corrected chi connectivity index (χ2v) is 1.73. The molecule has 0 atom stereocenters. The zero-order chi connectivity index (χ0) is 4.41. The maximum absolute atomic E-state index is 3.19. The zero-order valence-corrected chi connectivity index (χ0v) is 4.07. The predicted molar refractivity (Wildman–Crippen MR) is 26.1 cm³/mol. The Hall–Kier alpha value is -0.0400. The maximum Gasteiger partial charge on any atom is 0.0192 e. The van der Waals surface area contributed by atoms with Crippen LogP contribution < -0.4 is 5.32 Å². The van der Waals surface area contributed by atoms with E-state index in [0.29, 0.717) is 0 Å². The van der Waals surface area contributed by atoms with Gasteiger partial charge in [-0.3, -0.25) is 0 Å². The first kappa shape index (κ1) is 4.13. The minimum atomic E-state index is 0.843. The average Bonchev–Trinajstić information content (AvgIpc) is 2.21. The van der Waals surface area contributed by atoms with Crippen molar-refractivity contribution in [3.63, 3.8) is 0 Å². The standard InChI is InChI=1S/C5H10N/c1-2-6-5-3-4-5/h2,5-6H,3-4H2,1H3. The van der Waals surface area contributed by atoms with Crippen molar-refractivity contribution in [2.24, 2.45) is 0 Å². The van der Waals surface area contributed by atoms with E-state index < -0.39 is 0 Å². The molecule has 1 aliphatic rings. The van der Waals surface area contributed by atoms with Crippen molar-refractivity contribution in [1.29, 1.82) is 0 Å². The number of rotatable bonds is 2. The van der Waals surface area contributed by atoms with Crippen molar-refractivity contribution in [3.05, 3.63) is 6.54 Å². The van der Waals surface area contributed by atoms with Crippen LogP contribution in [0.2, 0.25) is 0 Å². The fourth-order valence-corrected chi connectivity index (χ4v) is 0.486. The van der Waals surface area contributed by atoms with Crippen molar-refractivity contribution in [2.45, 2.75) is 25.8 Å². The third kappa shape index (κ3) is 0.977. The van der Waals surface area contributed by atoms with Gasteiger partial charge in [0.25, 0.3) is 0 Å². The normalized spacial score (nSPS) is 21.5. The molecule has 0 bridgehead atoms. The van der Waals surface area contributed by atoms with Crippen LogP contribution in [0.3, 0.4) is 0 Å². The predicted octanol–water partition coefficient (Wildman–Crippen LogP) is 0.920. The molecule has 35 valence electrons. The Labute approximate surface area is 38.7 Å². The minimum Gasteiger partial charge on any atom is -0.310 e. The molecule has 1 radical (unpaired) electrons. The van der Waals surface area contributed by atoms with Crippen molar-refractivity contribution in [1.82, 2.24) is 5.32 Å². The van der Waals surface area contributed by atoms with E-state index in [-0.39, 0.29) is 0 Å². The van der Waals surface area contributed by atoms with Crippen LogP contribution in [0.15, 0.2) is 0 Å². The van der Waals surface area contributed by atoms with Crippen molar-refractivity contribution in [3.8, 4) is 0 Å². The summed E-state index contributed by atoms with van der Waals surface area (Å²) in [5.74, 6) is 0. The fraction of sp³-hybridized carbons (Fsp3) is 0.800. The highest BCUT2D eigenvalue weighted by Gasteiger charge is 2.18. The van der Waals surface area contributed by atoms with Gasteiger partial charge in [-0.15, -0.1) is 0 Å². The molecule has 0 aromatic heterocycles. The molecule has 0 amide bonds. The monoisotopic (exact) mass is 84.1 g/mol. The van der Waals surface area contributed by atoms with Crippen molar-refractivity contribution >= 4 is 0 Å². The topological polar surface area (TPSA) is 12.0 Å². The van der Waals surface area contributed by atoms with Gasteiger partial charge in [0, 0.05) is 12.6 Å². The molecule has 1 rings (SSSR count). The molecule has 0 aromatic rings. The molecule has 1 saturated carbocycles. The van der Waals surface area contributed by atoms with E-state index in [9.17, 15) is 0 Å². The summed E-state index contributed by atoms with van der Waals surface area (Å²) in [6, 6.07) is 0.843. The summed E-state index contributed by atoms with van der Waals surface area (Å²) in [4.78, 5) is 0. The van der Waals surface area contributed by atoms with Crippen LogP contribution in [0, 0.1) is 6.54 Å². The van der Waals surface area contributed by atoms with E-state index in [1.54, 1.807) is 0 Å².